The van der Waals surface area contributed by atoms with Gasteiger partial charge in [0.05, 0.1) is 11.7 Å². The molecule has 0 saturated heterocycles. The van der Waals surface area contributed by atoms with Gasteiger partial charge in [-0.2, -0.15) is 5.10 Å². The van der Waals surface area contributed by atoms with Crippen LogP contribution in [0.25, 0.3) is 5.69 Å². The summed E-state index contributed by atoms with van der Waals surface area (Å²) in [5, 5.41) is 4.12. The molecule has 3 aromatic rings. The second kappa shape index (κ2) is 8.25. The summed E-state index contributed by atoms with van der Waals surface area (Å²) in [7, 11) is 1.80. The molecule has 1 atom stereocenters. The van der Waals surface area contributed by atoms with Crippen LogP contribution in [-0.4, -0.2) is 39.2 Å². The lowest BCUT2D eigenvalue weighted by atomic mass is 10.1. The van der Waals surface area contributed by atoms with E-state index in [1.807, 2.05) is 45.0 Å². The molecule has 0 aliphatic carbocycles. The predicted octanol–water partition coefficient (Wildman–Crippen LogP) is 3.79. The Morgan fingerprint density at radius 3 is 2.36 bits per heavy atom. The third kappa shape index (κ3) is 4.22. The molecular weight excluding hydrogens is 352 g/mol. The molecule has 146 valence electrons. The first-order valence-corrected chi connectivity index (χ1v) is 9.28. The Hall–Kier alpha value is -3.15. The highest BCUT2D eigenvalue weighted by molar-refractivity contribution is 5.78. The Labute approximate surface area is 165 Å². The first-order valence-electron chi connectivity index (χ1n) is 9.28. The summed E-state index contributed by atoms with van der Waals surface area (Å²) in [5.74, 6) is 0.726. The highest BCUT2D eigenvalue weighted by atomic mass is 16.5. The zero-order valence-electron chi connectivity index (χ0n) is 17.0. The SMILES string of the molecule is Cc1cc(C)c(OCC(=O)N(C)[C@H](C)c2ccc(-n3cncn3)cc2)c(C)c1. The minimum absolute atomic E-state index is 0.0165. The Morgan fingerprint density at radius 2 is 1.79 bits per heavy atom. The van der Waals surface area contributed by atoms with Gasteiger partial charge in [-0.25, -0.2) is 9.67 Å². The minimum Gasteiger partial charge on any atom is -0.483 e. The highest BCUT2D eigenvalue weighted by Crippen LogP contribution is 2.25. The largest absolute Gasteiger partial charge is 0.483 e. The fourth-order valence-electron chi connectivity index (χ4n) is 3.32. The second-order valence-electron chi connectivity index (χ2n) is 7.13. The van der Waals surface area contributed by atoms with Gasteiger partial charge in [0.2, 0.25) is 0 Å². The third-order valence-corrected chi connectivity index (χ3v) is 4.98. The van der Waals surface area contributed by atoms with E-state index in [9.17, 15) is 4.79 Å². The molecule has 0 spiro atoms. The second-order valence-corrected chi connectivity index (χ2v) is 7.13. The number of nitrogens with zero attached hydrogens (tertiary/aromatic N) is 4. The Bertz CT molecular complexity index is 926. The van der Waals surface area contributed by atoms with Gasteiger partial charge in [0, 0.05) is 7.05 Å². The van der Waals surface area contributed by atoms with Crippen LogP contribution < -0.4 is 4.74 Å². The van der Waals surface area contributed by atoms with Crippen molar-refractivity contribution < 1.29 is 9.53 Å². The van der Waals surface area contributed by atoms with Crippen LogP contribution >= 0.6 is 0 Å². The van der Waals surface area contributed by atoms with E-state index in [4.69, 9.17) is 4.74 Å². The van der Waals surface area contributed by atoms with Crippen molar-refractivity contribution in [2.45, 2.75) is 33.7 Å². The van der Waals surface area contributed by atoms with Gasteiger partial charge in [-0.3, -0.25) is 4.79 Å². The zero-order valence-corrected chi connectivity index (χ0v) is 17.0. The van der Waals surface area contributed by atoms with Crippen molar-refractivity contribution in [1.82, 2.24) is 19.7 Å². The number of ether oxygens (including phenoxy) is 1. The van der Waals surface area contributed by atoms with Crippen molar-refractivity contribution in [2.75, 3.05) is 13.7 Å². The third-order valence-electron chi connectivity index (χ3n) is 4.98. The Balaban J connectivity index is 1.64. The number of aromatic nitrogens is 3. The maximum atomic E-state index is 12.7. The van der Waals surface area contributed by atoms with E-state index >= 15 is 0 Å². The number of carbonyl (C=O) groups excluding carboxylic acids is 1. The fraction of sp³-hybridized carbons (Fsp3) is 0.318. The number of hydrogen-bond donors (Lipinski definition) is 0. The van der Waals surface area contributed by atoms with E-state index < -0.39 is 0 Å². The van der Waals surface area contributed by atoms with E-state index in [0.29, 0.717) is 0 Å². The summed E-state index contributed by atoms with van der Waals surface area (Å²) in [5.41, 5.74) is 5.25. The van der Waals surface area contributed by atoms with Crippen LogP contribution in [0.15, 0.2) is 49.1 Å². The molecule has 0 bridgehead atoms. The molecule has 0 aliphatic rings. The van der Waals surface area contributed by atoms with Crippen molar-refractivity contribution in [1.29, 1.82) is 0 Å². The number of rotatable bonds is 6. The lowest BCUT2D eigenvalue weighted by molar-refractivity contribution is -0.134. The molecule has 0 fully saturated rings. The molecule has 3 rings (SSSR count). The maximum absolute atomic E-state index is 12.7. The lowest BCUT2D eigenvalue weighted by Crippen LogP contribution is -2.33. The molecule has 6 heteroatoms. The van der Waals surface area contributed by atoms with Gasteiger partial charge in [-0.05, 0) is 56.5 Å². The molecule has 0 saturated carbocycles. The number of likely N-dealkylation sites (N-methyl/N-ethyl adjacent to an activating group) is 1. The van der Waals surface area contributed by atoms with Crippen molar-refractivity contribution in [3.8, 4) is 11.4 Å². The molecule has 1 aromatic heterocycles. The van der Waals surface area contributed by atoms with Crippen LogP contribution in [-0.2, 0) is 4.79 Å². The first-order chi connectivity index (χ1) is 13.4. The Kier molecular flexibility index (Phi) is 5.78. The summed E-state index contributed by atoms with van der Waals surface area (Å²) < 4.78 is 7.55. The zero-order chi connectivity index (χ0) is 20.3. The summed E-state index contributed by atoms with van der Waals surface area (Å²) >= 11 is 0. The average Bonchev–Trinajstić information content (AvgIpc) is 3.20. The van der Waals surface area contributed by atoms with E-state index in [2.05, 4.69) is 29.1 Å². The fourth-order valence-corrected chi connectivity index (χ4v) is 3.32. The Morgan fingerprint density at radius 1 is 1.14 bits per heavy atom. The first kappa shape index (κ1) is 19.6. The van der Waals surface area contributed by atoms with E-state index in [1.165, 1.54) is 11.9 Å². The number of carbonyl (C=O) groups is 1. The van der Waals surface area contributed by atoms with Crippen LogP contribution in [0.2, 0.25) is 0 Å². The molecule has 0 unspecified atom stereocenters. The molecule has 0 aliphatic heterocycles. The van der Waals surface area contributed by atoms with Crippen LogP contribution in [0.4, 0.5) is 0 Å². The summed E-state index contributed by atoms with van der Waals surface area (Å²) in [6, 6.07) is 12.0. The van der Waals surface area contributed by atoms with Gasteiger partial charge in [-0.1, -0.05) is 29.8 Å². The molecule has 0 radical (unpaired) electrons. The summed E-state index contributed by atoms with van der Waals surface area (Å²) in [6.45, 7) is 8.08. The van der Waals surface area contributed by atoms with Gasteiger partial charge in [0.25, 0.3) is 5.91 Å². The van der Waals surface area contributed by atoms with Crippen LogP contribution in [0.3, 0.4) is 0 Å². The van der Waals surface area contributed by atoms with E-state index in [-0.39, 0.29) is 18.6 Å². The number of benzene rings is 2. The van der Waals surface area contributed by atoms with Gasteiger partial charge in [-0.15, -0.1) is 0 Å². The van der Waals surface area contributed by atoms with E-state index in [0.717, 1.165) is 28.1 Å². The molecule has 1 amide bonds. The number of aryl methyl sites for hydroxylation is 3. The average molecular weight is 378 g/mol. The number of amides is 1. The number of hydrogen-bond acceptors (Lipinski definition) is 4. The summed E-state index contributed by atoms with van der Waals surface area (Å²) in [4.78, 5) is 18.3. The monoisotopic (exact) mass is 378 g/mol. The van der Waals surface area contributed by atoms with Crippen LogP contribution in [0, 0.1) is 20.8 Å². The molecule has 1 heterocycles. The standard InChI is InChI=1S/C22H26N4O2/c1-15-10-16(2)22(17(3)11-15)28-12-21(27)25(5)18(4)19-6-8-20(9-7-19)26-14-23-13-24-26/h6-11,13-14,18H,12H2,1-5H3/t18-/m1/s1. The van der Waals surface area contributed by atoms with Crippen molar-refractivity contribution in [2.24, 2.45) is 0 Å². The molecule has 28 heavy (non-hydrogen) atoms. The summed E-state index contributed by atoms with van der Waals surface area (Å²) in [6.07, 6.45) is 3.15. The lowest BCUT2D eigenvalue weighted by Gasteiger charge is -2.26. The van der Waals surface area contributed by atoms with E-state index in [1.54, 1.807) is 23.0 Å². The van der Waals surface area contributed by atoms with Crippen LogP contribution in [0.5, 0.6) is 5.75 Å². The van der Waals surface area contributed by atoms with Crippen molar-refractivity contribution >= 4 is 5.91 Å². The van der Waals surface area contributed by atoms with Gasteiger partial charge in [0.15, 0.2) is 6.61 Å². The minimum atomic E-state index is -0.0684. The van der Waals surface area contributed by atoms with Crippen molar-refractivity contribution in [3.63, 3.8) is 0 Å². The van der Waals surface area contributed by atoms with Crippen LogP contribution in [0.1, 0.15) is 35.2 Å². The smallest absolute Gasteiger partial charge is 0.260 e. The topological polar surface area (TPSA) is 60.2 Å². The molecule has 6 nitrogen and oxygen atoms in total. The van der Waals surface area contributed by atoms with Gasteiger partial charge >= 0.3 is 0 Å². The predicted molar refractivity (Wildman–Crippen MR) is 109 cm³/mol. The quantitative estimate of drug-likeness (QED) is 0.655. The molecule has 2 aromatic carbocycles. The van der Waals surface area contributed by atoms with Gasteiger partial charge in [0.1, 0.15) is 18.4 Å². The van der Waals surface area contributed by atoms with Gasteiger partial charge < -0.3 is 9.64 Å². The normalized spacial score (nSPS) is 11.9. The van der Waals surface area contributed by atoms with Crippen molar-refractivity contribution in [3.05, 3.63) is 71.3 Å². The molecule has 0 N–H and O–H groups in total. The molecular formula is C22H26N4O2. The highest BCUT2D eigenvalue weighted by Gasteiger charge is 2.19. The maximum Gasteiger partial charge on any atom is 0.260 e.